The van der Waals surface area contributed by atoms with Crippen LogP contribution in [0.3, 0.4) is 0 Å². The molecule has 0 spiro atoms. The number of carbonyl (C=O) groups is 1. The van der Waals surface area contributed by atoms with Gasteiger partial charge in [0.15, 0.2) is 12.6 Å². The summed E-state index contributed by atoms with van der Waals surface area (Å²) in [6.07, 6.45) is 11.9. The molecule has 2 aliphatic rings. The lowest BCUT2D eigenvalue weighted by atomic mass is 9.97. The minimum Gasteiger partial charge on any atom is -0.493 e. The molecule has 0 aliphatic carbocycles. The molecule has 0 radical (unpaired) electrons. The highest BCUT2D eigenvalue weighted by molar-refractivity contribution is 5.90. The molecule has 2 aromatic rings. The van der Waals surface area contributed by atoms with Gasteiger partial charge >= 0.3 is 5.97 Å². The van der Waals surface area contributed by atoms with E-state index < -0.39 is 80.6 Å². The molecule has 21 nitrogen and oxygen atoms in total. The van der Waals surface area contributed by atoms with Crippen LogP contribution < -0.4 is 9.47 Å². The number of aliphatic hydroxyl groups excluding tert-OH is 7. The van der Waals surface area contributed by atoms with E-state index in [1.54, 1.807) is 23.0 Å². The van der Waals surface area contributed by atoms with E-state index in [0.717, 1.165) is 25.7 Å². The standard InChI is InChI=1S/C55H95N3O18/c1-3-5-7-9-11-13-15-17-19-21-25-70-43-34-41(35-44(36-43)71-26-22-20-18-16-14-12-10-8-6-4-2)53(66)72-27-23-24-58-37-42(56-57-58)40-69-31-30-67-28-29-68-32-33-73-54-51(65)49(63)52(46(39-60)75-54)76-55-50(64)48(62)47(61)45(38-59)74-55/h34-37,45-52,54-55,59-65H,3-33,38-40H2,1-2H3/t45-,46-,47+,48+,49-,50-,51-,52-,54-,55+/m1/s1. The number of esters is 1. The fourth-order valence-electron chi connectivity index (χ4n) is 8.94. The summed E-state index contributed by atoms with van der Waals surface area (Å²) >= 11 is 0. The number of rotatable bonds is 45. The van der Waals surface area contributed by atoms with Crippen LogP contribution in [0, 0.1) is 0 Å². The van der Waals surface area contributed by atoms with Crippen molar-refractivity contribution in [1.82, 2.24) is 15.0 Å². The molecule has 2 aliphatic heterocycles. The first-order valence-electron chi connectivity index (χ1n) is 28.5. The maximum absolute atomic E-state index is 13.3. The molecule has 0 unspecified atom stereocenters. The number of aromatic nitrogens is 3. The quantitative estimate of drug-likeness (QED) is 0.0327. The summed E-state index contributed by atoms with van der Waals surface area (Å²) in [7, 11) is 0. The van der Waals surface area contributed by atoms with E-state index in [-0.39, 0.29) is 39.6 Å². The number of hydrogen-bond donors (Lipinski definition) is 7. The maximum Gasteiger partial charge on any atom is 0.338 e. The van der Waals surface area contributed by atoms with E-state index in [1.165, 1.54) is 103 Å². The largest absolute Gasteiger partial charge is 0.493 e. The molecule has 3 heterocycles. The SMILES string of the molecule is CCCCCCCCCCCCOc1cc(OCCCCCCCCCCCC)cc(C(=O)OCCCn2cc(COCCOCCOCCO[C@@H]3O[C@H](CO)[C@@H](O[C@@H]4O[C@H](CO)[C@H](O)[C@H](O)[C@H]4O)[C@H](O)[C@H]3O)nn2)c1. The van der Waals surface area contributed by atoms with Crippen LogP contribution in [0.1, 0.15) is 165 Å². The molecule has 1 aromatic heterocycles. The summed E-state index contributed by atoms with van der Waals surface area (Å²) in [6, 6.07) is 5.36. The van der Waals surface area contributed by atoms with Gasteiger partial charge in [-0.1, -0.05) is 135 Å². The highest BCUT2D eigenvalue weighted by Gasteiger charge is 2.50. The van der Waals surface area contributed by atoms with Gasteiger partial charge in [-0.05, 0) is 25.0 Å². The van der Waals surface area contributed by atoms with E-state index >= 15 is 0 Å². The third kappa shape index (κ3) is 25.3. The summed E-state index contributed by atoms with van der Waals surface area (Å²) in [5.41, 5.74) is 1.04. The van der Waals surface area contributed by atoms with Crippen LogP contribution in [0.25, 0.3) is 0 Å². The van der Waals surface area contributed by atoms with Crippen LogP contribution in [-0.4, -0.2) is 191 Å². The van der Waals surface area contributed by atoms with Gasteiger partial charge in [0.25, 0.3) is 0 Å². The van der Waals surface area contributed by atoms with Gasteiger partial charge in [0.2, 0.25) is 0 Å². The molecule has 0 bridgehead atoms. The summed E-state index contributed by atoms with van der Waals surface area (Å²) in [5.74, 6) is 0.792. The van der Waals surface area contributed by atoms with E-state index in [9.17, 15) is 40.5 Å². The van der Waals surface area contributed by atoms with Gasteiger partial charge < -0.3 is 83.1 Å². The van der Waals surface area contributed by atoms with E-state index in [2.05, 4.69) is 24.2 Å². The highest BCUT2D eigenvalue weighted by Crippen LogP contribution is 2.30. The third-order valence-electron chi connectivity index (χ3n) is 13.5. The van der Waals surface area contributed by atoms with Crippen LogP contribution in [0.2, 0.25) is 0 Å². The van der Waals surface area contributed by atoms with Crippen molar-refractivity contribution in [3.8, 4) is 11.5 Å². The van der Waals surface area contributed by atoms with Gasteiger partial charge in [0, 0.05) is 19.0 Å². The lowest BCUT2D eigenvalue weighted by molar-refractivity contribution is -0.359. The number of ether oxygens (including phenoxy) is 10. The van der Waals surface area contributed by atoms with Crippen LogP contribution in [-0.2, 0) is 51.0 Å². The van der Waals surface area contributed by atoms with Crippen molar-refractivity contribution < 1.29 is 87.9 Å². The van der Waals surface area contributed by atoms with Gasteiger partial charge in [-0.25, -0.2) is 4.79 Å². The number of aryl methyl sites for hydroxylation is 1. The first-order valence-corrected chi connectivity index (χ1v) is 28.5. The summed E-state index contributed by atoms with van der Waals surface area (Å²) in [4.78, 5) is 13.3. The molecule has 0 amide bonds. The van der Waals surface area contributed by atoms with Crippen LogP contribution in [0.15, 0.2) is 24.4 Å². The normalized spacial score (nSPS) is 23.8. The van der Waals surface area contributed by atoms with Crippen molar-refractivity contribution in [2.24, 2.45) is 0 Å². The molecule has 1 aromatic carbocycles. The number of hydrogen-bond acceptors (Lipinski definition) is 20. The molecule has 0 saturated carbocycles. The van der Waals surface area contributed by atoms with Crippen molar-refractivity contribution in [2.75, 3.05) is 72.7 Å². The average molecular weight is 1090 g/mol. The molecule has 10 atom stereocenters. The van der Waals surface area contributed by atoms with Crippen molar-refractivity contribution in [1.29, 1.82) is 0 Å². The Morgan fingerprint density at radius 2 is 1.04 bits per heavy atom. The fourth-order valence-corrected chi connectivity index (χ4v) is 8.94. The Hall–Kier alpha value is -3.13. The highest BCUT2D eigenvalue weighted by atomic mass is 16.7. The summed E-state index contributed by atoms with van der Waals surface area (Å²) in [6.45, 7) is 6.37. The zero-order valence-corrected chi connectivity index (χ0v) is 45.6. The van der Waals surface area contributed by atoms with E-state index in [0.29, 0.717) is 62.1 Å². The van der Waals surface area contributed by atoms with Gasteiger partial charge in [0.05, 0.1) is 91.0 Å². The molecular formula is C55H95N3O18. The lowest BCUT2D eigenvalue weighted by Gasteiger charge is -2.45. The Kier molecular flexibility index (Phi) is 34.5. The van der Waals surface area contributed by atoms with Gasteiger partial charge in [-0.15, -0.1) is 5.10 Å². The fraction of sp³-hybridized carbons (Fsp3) is 0.836. The second-order valence-corrected chi connectivity index (χ2v) is 19.9. The molecule has 2 fully saturated rings. The van der Waals surface area contributed by atoms with Crippen LogP contribution in [0.4, 0.5) is 0 Å². The average Bonchev–Trinajstić information content (AvgIpc) is 3.89. The van der Waals surface area contributed by atoms with Gasteiger partial charge in [-0.2, -0.15) is 0 Å². The maximum atomic E-state index is 13.3. The monoisotopic (exact) mass is 1090 g/mol. The number of unbranched alkanes of at least 4 members (excludes halogenated alkanes) is 18. The lowest BCUT2D eigenvalue weighted by Crippen LogP contribution is -2.64. The van der Waals surface area contributed by atoms with E-state index in [1.807, 2.05) is 6.07 Å². The minimum atomic E-state index is -1.76. The Morgan fingerprint density at radius 1 is 0.539 bits per heavy atom. The van der Waals surface area contributed by atoms with Crippen molar-refractivity contribution in [2.45, 2.75) is 223 Å². The molecule has 438 valence electrons. The molecule has 76 heavy (non-hydrogen) atoms. The predicted octanol–water partition coefficient (Wildman–Crippen LogP) is 5.32. The Bertz CT molecular complexity index is 1720. The Morgan fingerprint density at radius 3 is 1.59 bits per heavy atom. The van der Waals surface area contributed by atoms with Crippen molar-refractivity contribution in [3.05, 3.63) is 35.7 Å². The first kappa shape index (κ1) is 65.4. The predicted molar refractivity (Wildman–Crippen MR) is 280 cm³/mol. The number of benzene rings is 1. The van der Waals surface area contributed by atoms with Crippen LogP contribution >= 0.6 is 0 Å². The van der Waals surface area contributed by atoms with Crippen molar-refractivity contribution in [3.63, 3.8) is 0 Å². The Labute approximate surface area is 450 Å². The number of nitrogens with zero attached hydrogens (tertiary/aromatic N) is 3. The molecule has 21 heteroatoms. The topological polar surface area (TPSA) is 282 Å². The molecule has 7 N–H and O–H groups in total. The van der Waals surface area contributed by atoms with Gasteiger partial charge in [-0.3, -0.25) is 4.68 Å². The third-order valence-corrected chi connectivity index (χ3v) is 13.5. The second kappa shape index (κ2) is 40.1. The summed E-state index contributed by atoms with van der Waals surface area (Å²) < 4.78 is 58.4. The Balaban J connectivity index is 1.06. The zero-order chi connectivity index (χ0) is 54.6. The van der Waals surface area contributed by atoms with Gasteiger partial charge in [0.1, 0.15) is 66.0 Å². The molecular weight excluding hydrogens is 991 g/mol. The first-order chi connectivity index (χ1) is 37.1. The van der Waals surface area contributed by atoms with E-state index in [4.69, 9.17) is 47.4 Å². The molecule has 2 saturated heterocycles. The minimum absolute atomic E-state index is 0.0419. The van der Waals surface area contributed by atoms with Crippen molar-refractivity contribution >= 4 is 5.97 Å². The second-order valence-electron chi connectivity index (χ2n) is 19.9. The number of aliphatic hydroxyl groups is 7. The summed E-state index contributed by atoms with van der Waals surface area (Å²) in [5, 5.41) is 79.5. The number of carbonyl (C=O) groups excluding carboxylic acids is 1. The van der Waals surface area contributed by atoms with Crippen LogP contribution in [0.5, 0.6) is 11.5 Å². The smallest absolute Gasteiger partial charge is 0.338 e. The molecule has 4 rings (SSSR count). The zero-order valence-electron chi connectivity index (χ0n) is 45.6.